The summed E-state index contributed by atoms with van der Waals surface area (Å²) < 4.78 is 0. The van der Waals surface area contributed by atoms with Crippen molar-refractivity contribution in [3.63, 3.8) is 0 Å². The van der Waals surface area contributed by atoms with Gasteiger partial charge in [0.05, 0.1) is 0 Å². The number of aryl methyl sites for hydroxylation is 3. The van der Waals surface area contributed by atoms with Crippen LogP contribution in [0.3, 0.4) is 0 Å². The molecule has 0 fully saturated rings. The fourth-order valence-electron chi connectivity index (χ4n) is 1.46. The van der Waals surface area contributed by atoms with Crippen molar-refractivity contribution in [1.29, 1.82) is 0 Å². The Morgan fingerprint density at radius 3 is 2.25 bits per heavy atom. The molecule has 1 aromatic carbocycles. The Hall–Kier alpha value is -1.84. The first-order valence-electron chi connectivity index (χ1n) is 4.99. The van der Waals surface area contributed by atoms with Gasteiger partial charge < -0.3 is 10.4 Å². The highest BCUT2D eigenvalue weighted by Crippen LogP contribution is 2.14. The summed E-state index contributed by atoms with van der Waals surface area (Å²) in [5.41, 5.74) is 4.31. The number of amides is 1. The summed E-state index contributed by atoms with van der Waals surface area (Å²) in [6.45, 7) is 6.19. The van der Waals surface area contributed by atoms with Gasteiger partial charge in [0.15, 0.2) is 0 Å². The third-order valence-corrected chi connectivity index (χ3v) is 2.59. The maximum Gasteiger partial charge on any atom is 0.394 e. The first kappa shape index (κ1) is 12.2. The van der Waals surface area contributed by atoms with Crippen molar-refractivity contribution in [3.05, 3.63) is 34.4 Å². The van der Waals surface area contributed by atoms with E-state index >= 15 is 0 Å². The van der Waals surface area contributed by atoms with Crippen LogP contribution in [0.25, 0.3) is 0 Å². The largest absolute Gasteiger partial charge is 0.474 e. The lowest BCUT2D eigenvalue weighted by Gasteiger charge is -2.09. The topological polar surface area (TPSA) is 66.4 Å². The number of nitrogens with one attached hydrogen (secondary N) is 1. The van der Waals surface area contributed by atoms with Crippen LogP contribution < -0.4 is 5.32 Å². The van der Waals surface area contributed by atoms with E-state index in [4.69, 9.17) is 5.11 Å². The molecular formula is C12H15NO3. The molecule has 1 aromatic rings. The molecule has 1 amide bonds. The third kappa shape index (κ3) is 2.82. The predicted molar refractivity (Wildman–Crippen MR) is 60.1 cm³/mol. The van der Waals surface area contributed by atoms with E-state index in [2.05, 4.69) is 5.32 Å². The van der Waals surface area contributed by atoms with Gasteiger partial charge in [0, 0.05) is 6.54 Å². The SMILES string of the molecule is Cc1cc(C)c(CNC(=O)C(=O)O)cc1C. The van der Waals surface area contributed by atoms with Crippen LogP contribution in [0.1, 0.15) is 22.3 Å². The zero-order valence-corrected chi connectivity index (χ0v) is 9.63. The number of benzene rings is 1. The molecule has 0 atom stereocenters. The van der Waals surface area contributed by atoms with Crippen LogP contribution in [0.15, 0.2) is 12.1 Å². The van der Waals surface area contributed by atoms with E-state index < -0.39 is 11.9 Å². The minimum absolute atomic E-state index is 0.248. The molecule has 0 heterocycles. The van der Waals surface area contributed by atoms with Crippen LogP contribution in [0, 0.1) is 20.8 Å². The Morgan fingerprint density at radius 2 is 1.69 bits per heavy atom. The number of carboxylic acid groups (broad SMARTS) is 1. The fraction of sp³-hybridized carbons (Fsp3) is 0.333. The van der Waals surface area contributed by atoms with Crippen molar-refractivity contribution in [2.75, 3.05) is 0 Å². The molecule has 0 spiro atoms. The predicted octanol–water partition coefficient (Wildman–Crippen LogP) is 1.31. The molecule has 0 aliphatic heterocycles. The summed E-state index contributed by atoms with van der Waals surface area (Å²) in [6.07, 6.45) is 0. The molecule has 4 heteroatoms. The van der Waals surface area contributed by atoms with E-state index in [1.807, 2.05) is 32.9 Å². The molecule has 0 radical (unpaired) electrons. The molecule has 1 rings (SSSR count). The summed E-state index contributed by atoms with van der Waals surface area (Å²) >= 11 is 0. The summed E-state index contributed by atoms with van der Waals surface area (Å²) in [5.74, 6) is -2.43. The van der Waals surface area contributed by atoms with Crippen molar-refractivity contribution >= 4 is 11.9 Å². The Balaban J connectivity index is 2.78. The van der Waals surface area contributed by atoms with Gasteiger partial charge in [-0.15, -0.1) is 0 Å². The lowest BCUT2D eigenvalue weighted by atomic mass is 10.0. The van der Waals surface area contributed by atoms with Crippen molar-refractivity contribution in [2.45, 2.75) is 27.3 Å². The van der Waals surface area contributed by atoms with Gasteiger partial charge in [-0.05, 0) is 43.0 Å². The van der Waals surface area contributed by atoms with Gasteiger partial charge in [0.25, 0.3) is 0 Å². The molecule has 0 bridgehead atoms. The zero-order chi connectivity index (χ0) is 12.3. The van der Waals surface area contributed by atoms with Gasteiger partial charge in [0.1, 0.15) is 0 Å². The standard InChI is InChI=1S/C12H15NO3/c1-7-4-9(3)10(5-8(7)2)6-13-11(14)12(15)16/h4-5H,6H2,1-3H3,(H,13,14)(H,15,16). The van der Waals surface area contributed by atoms with E-state index in [1.54, 1.807) is 0 Å². The van der Waals surface area contributed by atoms with Crippen molar-refractivity contribution in [1.82, 2.24) is 5.32 Å². The highest BCUT2D eigenvalue weighted by atomic mass is 16.4. The van der Waals surface area contributed by atoms with Gasteiger partial charge in [0.2, 0.25) is 0 Å². The highest BCUT2D eigenvalue weighted by Gasteiger charge is 2.10. The number of hydrogen-bond donors (Lipinski definition) is 2. The van der Waals surface area contributed by atoms with E-state index in [1.165, 1.54) is 5.56 Å². The average Bonchev–Trinajstić information content (AvgIpc) is 2.20. The van der Waals surface area contributed by atoms with Crippen LogP contribution in [-0.2, 0) is 16.1 Å². The first-order chi connectivity index (χ1) is 7.41. The van der Waals surface area contributed by atoms with Crippen molar-refractivity contribution < 1.29 is 14.7 Å². The Kier molecular flexibility index (Phi) is 3.66. The minimum atomic E-state index is -1.46. The smallest absolute Gasteiger partial charge is 0.394 e. The van der Waals surface area contributed by atoms with Gasteiger partial charge in [-0.25, -0.2) is 4.79 Å². The summed E-state index contributed by atoms with van der Waals surface area (Å²) in [5, 5.41) is 10.8. The number of carboxylic acids is 1. The second kappa shape index (κ2) is 4.79. The first-order valence-corrected chi connectivity index (χ1v) is 4.99. The number of rotatable bonds is 2. The average molecular weight is 221 g/mol. The number of aliphatic carboxylic acids is 1. The van der Waals surface area contributed by atoms with E-state index in [-0.39, 0.29) is 6.54 Å². The van der Waals surface area contributed by atoms with E-state index in [0.717, 1.165) is 16.7 Å². The molecule has 4 nitrogen and oxygen atoms in total. The molecule has 0 unspecified atom stereocenters. The van der Waals surface area contributed by atoms with Crippen molar-refractivity contribution in [3.8, 4) is 0 Å². The van der Waals surface area contributed by atoms with Crippen LogP contribution in [0.5, 0.6) is 0 Å². The molecule has 0 aliphatic rings. The molecule has 0 aliphatic carbocycles. The maximum absolute atomic E-state index is 10.9. The maximum atomic E-state index is 10.9. The molecule has 2 N–H and O–H groups in total. The Bertz CT molecular complexity index is 438. The Morgan fingerprint density at radius 1 is 1.12 bits per heavy atom. The van der Waals surface area contributed by atoms with Crippen LogP contribution >= 0.6 is 0 Å². The van der Waals surface area contributed by atoms with Gasteiger partial charge >= 0.3 is 11.9 Å². The number of hydrogen-bond acceptors (Lipinski definition) is 2. The lowest BCUT2D eigenvalue weighted by Crippen LogP contribution is -2.30. The lowest BCUT2D eigenvalue weighted by molar-refractivity contribution is -0.150. The molecule has 16 heavy (non-hydrogen) atoms. The summed E-state index contributed by atoms with van der Waals surface area (Å²) in [4.78, 5) is 21.2. The summed E-state index contributed by atoms with van der Waals surface area (Å²) in [6, 6.07) is 3.99. The number of carbonyl (C=O) groups excluding carboxylic acids is 1. The molecule has 0 saturated carbocycles. The highest BCUT2D eigenvalue weighted by molar-refractivity contribution is 6.31. The van der Waals surface area contributed by atoms with Crippen LogP contribution in [0.2, 0.25) is 0 Å². The second-order valence-electron chi connectivity index (χ2n) is 3.85. The second-order valence-corrected chi connectivity index (χ2v) is 3.85. The van der Waals surface area contributed by atoms with E-state index in [0.29, 0.717) is 0 Å². The normalized spacial score (nSPS) is 9.94. The third-order valence-electron chi connectivity index (χ3n) is 2.59. The minimum Gasteiger partial charge on any atom is -0.474 e. The zero-order valence-electron chi connectivity index (χ0n) is 9.63. The quantitative estimate of drug-likeness (QED) is 0.740. The number of carbonyl (C=O) groups is 2. The Labute approximate surface area is 94.3 Å². The van der Waals surface area contributed by atoms with Crippen molar-refractivity contribution in [2.24, 2.45) is 0 Å². The molecule has 86 valence electrons. The van der Waals surface area contributed by atoms with Gasteiger partial charge in [-0.3, -0.25) is 4.79 Å². The molecular weight excluding hydrogens is 206 g/mol. The van der Waals surface area contributed by atoms with Gasteiger partial charge in [-0.1, -0.05) is 12.1 Å². The van der Waals surface area contributed by atoms with Gasteiger partial charge in [-0.2, -0.15) is 0 Å². The van der Waals surface area contributed by atoms with E-state index in [9.17, 15) is 9.59 Å². The fourth-order valence-corrected chi connectivity index (χ4v) is 1.46. The molecule has 0 aromatic heterocycles. The molecule has 0 saturated heterocycles. The van der Waals surface area contributed by atoms with Crippen LogP contribution in [0.4, 0.5) is 0 Å². The monoisotopic (exact) mass is 221 g/mol. The van der Waals surface area contributed by atoms with Crippen LogP contribution in [-0.4, -0.2) is 17.0 Å². The summed E-state index contributed by atoms with van der Waals surface area (Å²) in [7, 11) is 0.